The van der Waals surface area contributed by atoms with Gasteiger partial charge in [-0.1, -0.05) is 54.6 Å². The van der Waals surface area contributed by atoms with Gasteiger partial charge in [-0.2, -0.15) is 9.78 Å². The Hall–Kier alpha value is -4.26. The van der Waals surface area contributed by atoms with Gasteiger partial charge in [-0.25, -0.2) is 0 Å². The molecule has 0 spiro atoms. The maximum absolute atomic E-state index is 13.1. The highest BCUT2D eigenvalue weighted by molar-refractivity contribution is 5.39. The monoisotopic (exact) mass is 444 g/mol. The van der Waals surface area contributed by atoms with Crippen LogP contribution in [-0.2, 0) is 0 Å². The third kappa shape index (κ3) is 6.13. The highest BCUT2D eigenvalue weighted by atomic mass is 16.6. The lowest BCUT2D eigenvalue weighted by atomic mass is 10.3. The van der Waals surface area contributed by atoms with Crippen LogP contribution in [0.3, 0.4) is 0 Å². The summed E-state index contributed by atoms with van der Waals surface area (Å²) in [5, 5.41) is 4.25. The van der Waals surface area contributed by atoms with E-state index in [0.717, 1.165) is 11.5 Å². The first-order valence-corrected chi connectivity index (χ1v) is 10.6. The van der Waals surface area contributed by atoms with E-state index in [1.54, 1.807) is 12.1 Å². The first-order chi connectivity index (χ1) is 16.3. The second-order valence-corrected chi connectivity index (χ2v) is 6.91. The van der Waals surface area contributed by atoms with Crippen molar-refractivity contribution in [3.8, 4) is 28.7 Å². The summed E-state index contributed by atoms with van der Waals surface area (Å²) in [5.74, 6) is 1.80. The summed E-state index contributed by atoms with van der Waals surface area (Å²) in [7, 11) is 0. The number of benzene rings is 3. The van der Waals surface area contributed by atoms with E-state index in [4.69, 9.17) is 18.9 Å². The van der Waals surface area contributed by atoms with Crippen LogP contribution in [0.1, 0.15) is 0 Å². The molecule has 0 N–H and O–H groups in total. The molecular formula is C26H24N2O5. The summed E-state index contributed by atoms with van der Waals surface area (Å²) >= 11 is 0. The van der Waals surface area contributed by atoms with Crippen LogP contribution in [0.25, 0.3) is 5.69 Å². The van der Waals surface area contributed by atoms with Gasteiger partial charge in [0.05, 0.1) is 11.9 Å². The molecule has 0 saturated carbocycles. The van der Waals surface area contributed by atoms with Gasteiger partial charge in [-0.3, -0.25) is 4.79 Å². The van der Waals surface area contributed by atoms with E-state index in [1.807, 2.05) is 78.9 Å². The number of rotatable bonds is 11. The molecule has 3 aromatic carbocycles. The van der Waals surface area contributed by atoms with Crippen LogP contribution < -0.4 is 24.5 Å². The smallest absolute Gasteiger partial charge is 0.317 e. The Labute approximate surface area is 191 Å². The summed E-state index contributed by atoms with van der Waals surface area (Å²) < 4.78 is 24.2. The Morgan fingerprint density at radius 2 is 1.09 bits per heavy atom. The zero-order valence-electron chi connectivity index (χ0n) is 18.0. The van der Waals surface area contributed by atoms with Crippen LogP contribution in [0.5, 0.6) is 23.0 Å². The molecule has 33 heavy (non-hydrogen) atoms. The maximum atomic E-state index is 13.1. The van der Waals surface area contributed by atoms with E-state index >= 15 is 0 Å². The third-order valence-electron chi connectivity index (χ3n) is 4.60. The second kappa shape index (κ2) is 11.4. The largest absolute Gasteiger partial charge is 0.490 e. The van der Waals surface area contributed by atoms with E-state index in [0.29, 0.717) is 12.3 Å². The molecular weight excluding hydrogens is 420 g/mol. The topological polar surface area (TPSA) is 71.8 Å². The predicted molar refractivity (Wildman–Crippen MR) is 125 cm³/mol. The summed E-state index contributed by atoms with van der Waals surface area (Å²) in [6, 6.07) is 28.0. The highest BCUT2D eigenvalue weighted by Gasteiger charge is 2.16. The van der Waals surface area contributed by atoms with Gasteiger partial charge in [0.25, 0.3) is 0 Å². The number of ether oxygens (including phenoxy) is 4. The lowest BCUT2D eigenvalue weighted by Gasteiger charge is -2.14. The van der Waals surface area contributed by atoms with Crippen molar-refractivity contribution in [2.45, 2.75) is 0 Å². The van der Waals surface area contributed by atoms with E-state index in [9.17, 15) is 4.79 Å². The molecule has 0 amide bonds. The number of nitrogens with zero attached hydrogens (tertiary/aromatic N) is 2. The van der Waals surface area contributed by atoms with Crippen molar-refractivity contribution in [1.82, 2.24) is 9.78 Å². The first-order valence-electron chi connectivity index (χ1n) is 10.6. The van der Waals surface area contributed by atoms with E-state index in [-0.39, 0.29) is 31.3 Å². The van der Waals surface area contributed by atoms with Gasteiger partial charge in [0.1, 0.15) is 37.9 Å². The third-order valence-corrected chi connectivity index (χ3v) is 4.60. The zero-order valence-corrected chi connectivity index (χ0v) is 18.0. The molecule has 168 valence electrons. The normalized spacial score (nSPS) is 10.4. The Balaban J connectivity index is 1.44. The van der Waals surface area contributed by atoms with Gasteiger partial charge in [0, 0.05) is 0 Å². The number of hydrogen-bond donors (Lipinski definition) is 0. The molecule has 7 heteroatoms. The summed E-state index contributed by atoms with van der Waals surface area (Å²) in [6.45, 7) is 0.970. The van der Waals surface area contributed by atoms with Crippen molar-refractivity contribution in [2.75, 3.05) is 26.4 Å². The number of aromatic nitrogens is 2. The van der Waals surface area contributed by atoms with Crippen LogP contribution in [0.4, 0.5) is 0 Å². The molecule has 0 bridgehead atoms. The predicted octanol–water partition coefficient (Wildman–Crippen LogP) is 4.15. The molecule has 0 aliphatic rings. The molecule has 7 nitrogen and oxygen atoms in total. The zero-order chi connectivity index (χ0) is 22.7. The summed E-state index contributed by atoms with van der Waals surface area (Å²) in [5.41, 5.74) is 0.217. The van der Waals surface area contributed by atoms with Crippen molar-refractivity contribution < 1.29 is 18.9 Å². The van der Waals surface area contributed by atoms with Crippen molar-refractivity contribution in [3.63, 3.8) is 0 Å². The lowest BCUT2D eigenvalue weighted by molar-refractivity contribution is 0.188. The van der Waals surface area contributed by atoms with Crippen LogP contribution in [-0.4, -0.2) is 36.2 Å². The minimum absolute atomic E-state index is 0.0743. The molecule has 0 aliphatic carbocycles. The van der Waals surface area contributed by atoms with Gasteiger partial charge in [-0.15, -0.1) is 0 Å². The molecule has 4 rings (SSSR count). The van der Waals surface area contributed by atoms with E-state index in [2.05, 4.69) is 5.10 Å². The quantitative estimate of drug-likeness (QED) is 0.324. The average Bonchev–Trinajstić information content (AvgIpc) is 2.87. The SMILES string of the molecule is O=c1c(OCCOc2ccccc2)c(OCCOc2ccccc2)cnn1-c1ccccc1. The maximum Gasteiger partial charge on any atom is 0.317 e. The van der Waals surface area contributed by atoms with Crippen LogP contribution >= 0.6 is 0 Å². The molecule has 0 atom stereocenters. The van der Waals surface area contributed by atoms with E-state index < -0.39 is 5.56 Å². The van der Waals surface area contributed by atoms with Gasteiger partial charge < -0.3 is 18.9 Å². The standard InChI is InChI=1S/C26H24N2O5/c29-26-25(33-19-17-31-23-14-8-3-9-15-23)24(20-27-28(26)21-10-4-1-5-11-21)32-18-16-30-22-12-6-2-7-13-22/h1-15,20H,16-19H2. The van der Waals surface area contributed by atoms with Crippen LogP contribution in [0.15, 0.2) is 102 Å². The van der Waals surface area contributed by atoms with Crippen LogP contribution in [0, 0.1) is 0 Å². The van der Waals surface area contributed by atoms with Crippen molar-refractivity contribution in [2.24, 2.45) is 0 Å². The van der Waals surface area contributed by atoms with Gasteiger partial charge in [-0.05, 0) is 36.4 Å². The fourth-order valence-electron chi connectivity index (χ4n) is 3.06. The first kappa shape index (κ1) is 22.0. The molecule has 0 unspecified atom stereocenters. The average molecular weight is 444 g/mol. The Kier molecular flexibility index (Phi) is 7.57. The summed E-state index contributed by atoms with van der Waals surface area (Å²) in [4.78, 5) is 13.1. The number of hydrogen-bond acceptors (Lipinski definition) is 6. The Morgan fingerprint density at radius 3 is 1.67 bits per heavy atom. The fourth-order valence-corrected chi connectivity index (χ4v) is 3.06. The van der Waals surface area contributed by atoms with Crippen molar-refractivity contribution >= 4 is 0 Å². The highest BCUT2D eigenvalue weighted by Crippen LogP contribution is 2.22. The van der Waals surface area contributed by atoms with Gasteiger partial charge in [0.2, 0.25) is 5.75 Å². The van der Waals surface area contributed by atoms with E-state index in [1.165, 1.54) is 10.9 Å². The lowest BCUT2D eigenvalue weighted by Crippen LogP contribution is -2.25. The Bertz CT molecular complexity index is 1180. The van der Waals surface area contributed by atoms with Gasteiger partial charge in [0.15, 0.2) is 5.75 Å². The Morgan fingerprint density at radius 1 is 0.606 bits per heavy atom. The fraction of sp³-hybridized carbons (Fsp3) is 0.154. The molecule has 4 aromatic rings. The van der Waals surface area contributed by atoms with Gasteiger partial charge >= 0.3 is 5.56 Å². The molecule has 0 fully saturated rings. The van der Waals surface area contributed by atoms with Crippen molar-refractivity contribution in [1.29, 1.82) is 0 Å². The number of para-hydroxylation sites is 3. The molecule has 1 aromatic heterocycles. The van der Waals surface area contributed by atoms with Crippen molar-refractivity contribution in [3.05, 3.63) is 108 Å². The molecule has 1 heterocycles. The molecule has 0 saturated heterocycles. The second-order valence-electron chi connectivity index (χ2n) is 6.91. The minimum atomic E-state index is -0.414. The minimum Gasteiger partial charge on any atom is -0.490 e. The summed E-state index contributed by atoms with van der Waals surface area (Å²) in [6.07, 6.45) is 1.48. The molecule has 0 radical (unpaired) electrons. The molecule has 0 aliphatic heterocycles. The van der Waals surface area contributed by atoms with Crippen LogP contribution in [0.2, 0.25) is 0 Å².